The molecule has 0 radical (unpaired) electrons. The van der Waals surface area contributed by atoms with Gasteiger partial charge in [-0.2, -0.15) is 42.5 Å². The minimum atomic E-state index is -3.15. The molecule has 25 heteroatoms. The molecule has 0 spiro atoms. The summed E-state index contributed by atoms with van der Waals surface area (Å²) in [5.41, 5.74) is 2.52. The van der Waals surface area contributed by atoms with Crippen LogP contribution in [0.2, 0.25) is 0 Å². The molecule has 2 fully saturated rings. The summed E-state index contributed by atoms with van der Waals surface area (Å²) in [6.07, 6.45) is 5.88. The van der Waals surface area contributed by atoms with E-state index in [9.17, 15) is 9.59 Å². The van der Waals surface area contributed by atoms with Gasteiger partial charge in [0.25, 0.3) is 0 Å². The summed E-state index contributed by atoms with van der Waals surface area (Å²) < 4.78 is 15.2. The molecule has 55 heavy (non-hydrogen) atoms. The number of rotatable bonds is 1. The van der Waals surface area contributed by atoms with E-state index in [2.05, 4.69) is 94.5 Å². The smallest absolute Gasteiger partial charge is 0.391 e. The first-order valence-corrected chi connectivity index (χ1v) is 36.1. The van der Waals surface area contributed by atoms with Crippen molar-refractivity contribution in [2.75, 3.05) is 40.3 Å². The van der Waals surface area contributed by atoms with E-state index in [4.69, 9.17) is 29.8 Å². The molecule has 4 bridgehead atoms. The Morgan fingerprint density at radius 1 is 0.855 bits per heavy atom. The maximum Gasteiger partial charge on any atom is 2.00 e. The molecule has 5 unspecified atom stereocenters. The molecule has 0 saturated carbocycles. The average Bonchev–Trinajstić information content (AvgIpc) is 3.09. The zero-order valence-corrected chi connectivity index (χ0v) is 50.7. The third kappa shape index (κ3) is 29.8. The Kier molecular flexibility index (Phi) is 57.3. The molecule has 7 rings (SSSR count). The number of fused-ring (bicyclic) bond motifs is 8. The van der Waals surface area contributed by atoms with Crippen LogP contribution in [0.3, 0.4) is 0 Å². The second-order valence-electron chi connectivity index (χ2n) is 11.3. The number of nitrogens with zero attached hydrogens (tertiary/aromatic N) is 5. The number of piperidine rings is 2. The van der Waals surface area contributed by atoms with Gasteiger partial charge in [-0.1, -0.05) is 31.2 Å². The number of hydrogen-bond acceptors (Lipinski definition) is 12. The average molecular weight is 1200 g/mol. The summed E-state index contributed by atoms with van der Waals surface area (Å²) in [4.78, 5) is 40.7. The topological polar surface area (TPSA) is 228 Å². The van der Waals surface area contributed by atoms with E-state index in [1.165, 1.54) is 87.4 Å². The molecule has 15 nitrogen and oxygen atoms in total. The van der Waals surface area contributed by atoms with Gasteiger partial charge < -0.3 is 71.6 Å². The van der Waals surface area contributed by atoms with E-state index in [1.807, 2.05) is 9.13 Å². The molecular weight excluding hydrogens is 1160 g/mol. The van der Waals surface area contributed by atoms with Crippen LogP contribution in [-0.4, -0.2) is 155 Å². The van der Waals surface area contributed by atoms with Crippen molar-refractivity contribution in [3.8, 4) is 0 Å². The van der Waals surface area contributed by atoms with Crippen molar-refractivity contribution >= 4 is 92.2 Å². The van der Waals surface area contributed by atoms with Crippen LogP contribution in [0.15, 0.2) is 58.4 Å². The third-order valence-corrected chi connectivity index (χ3v) is 7.89. The van der Waals surface area contributed by atoms with Crippen molar-refractivity contribution in [2.45, 2.75) is 45.2 Å². The molecule has 4 aliphatic heterocycles. The van der Waals surface area contributed by atoms with Crippen molar-refractivity contribution in [3.63, 3.8) is 0 Å². The van der Waals surface area contributed by atoms with Crippen LogP contribution in [0, 0.1) is 30.0 Å². The van der Waals surface area contributed by atoms with E-state index in [0.717, 1.165) is 39.3 Å². The molecule has 7 heterocycles. The van der Waals surface area contributed by atoms with Crippen molar-refractivity contribution in [1.82, 2.24) is 23.9 Å². The van der Waals surface area contributed by atoms with Gasteiger partial charge in [-0.25, -0.2) is 16.8 Å². The zero-order valence-electron chi connectivity index (χ0n) is 31.0. The number of likely N-dealkylation sites (N-methyl/N-ethyl adjacent to an activating group) is 2. The van der Waals surface area contributed by atoms with Gasteiger partial charge in [0.05, 0.1) is 0 Å². The van der Waals surface area contributed by atoms with Crippen LogP contribution in [0.5, 0.6) is 0 Å². The van der Waals surface area contributed by atoms with Crippen LogP contribution in [0.4, 0.5) is 0 Å². The first-order chi connectivity index (χ1) is 23.5. The first kappa shape index (κ1) is 72.3. The summed E-state index contributed by atoms with van der Waals surface area (Å²) in [7, 11) is -0.983. The monoisotopic (exact) mass is 1200 g/mol. The van der Waals surface area contributed by atoms with Gasteiger partial charge in [-0.15, -0.1) is 0 Å². The van der Waals surface area contributed by atoms with Crippen LogP contribution < -0.4 is 141 Å². The maximum absolute atomic E-state index is 11.7. The predicted octanol–water partition coefficient (Wildman–Crippen LogP) is -10.6. The van der Waals surface area contributed by atoms with Gasteiger partial charge in [-0.3, -0.25) is 9.59 Å². The fourth-order valence-electron chi connectivity index (χ4n) is 6.43. The molecule has 0 aromatic carbocycles. The largest absolute Gasteiger partial charge is 2.00 e. The molecule has 5 N–H and O–H groups in total. The molecule has 0 aliphatic carbocycles. The standard InChI is InChI=1S/2C12H15N2O.C5H4N.CH4.BH3O3.2BrH.4K.HO4P.H2O.2Pd/c2*1-13-6-9-5-10(8-13)11-3-2-4-12(15)14(11)7-9;1-2-4-6-5-3-1;;2-1(3)4;;;;;;;1-4-5(2)3;;;/h2*2-3,9-10H,5-8H2,1H3;2-5H;1H4;2-4H;2*1H;;;;;1H;1H2;;/q3*-1;;;;;;;2*+1;;;2*+2/p-3. The summed E-state index contributed by atoms with van der Waals surface area (Å²) >= 11 is 7.85. The van der Waals surface area contributed by atoms with Gasteiger partial charge in [0.1, 0.15) is 0 Å². The third-order valence-electron chi connectivity index (χ3n) is 7.77. The van der Waals surface area contributed by atoms with E-state index < -0.39 is 15.6 Å². The first-order valence-electron chi connectivity index (χ1n) is 15.4. The Hall–Kier alpha value is 5.69. The SMILES string of the molecule is C.CN1CC2CC(C1)c1cc[c-]c(=O)n1C2.CN1CC2CC(C1)c1cc[c-]c(=O)n1C2.O.O=[P+]([O-])O[O-].OB(O)O.[Br-].[Br][Pd+].[K+].[K+].[K][K].[Pd+2].[c-]1ccncc1. The Balaban J connectivity index is -0.000000141. The normalized spacial score (nSPS) is 19.0. The van der Waals surface area contributed by atoms with E-state index in [1.54, 1.807) is 36.7 Å². The molecular formula is C30H43BBr2K4N5O10PPd2. The van der Waals surface area contributed by atoms with E-state index >= 15 is 0 Å². The van der Waals surface area contributed by atoms with Crippen molar-refractivity contribution in [1.29, 1.82) is 0 Å². The predicted molar refractivity (Wildman–Crippen MR) is 191 cm³/mol. The van der Waals surface area contributed by atoms with Gasteiger partial charge in [0.2, 0.25) is 0 Å². The van der Waals surface area contributed by atoms with Crippen molar-refractivity contribution < 1.29 is 197 Å². The summed E-state index contributed by atoms with van der Waals surface area (Å²) in [6.45, 7) is 6.17. The molecule has 3 aromatic rings. The quantitative estimate of drug-likeness (QED) is 0.0680. The molecule has 5 atom stereocenters. The molecule has 4 aliphatic rings. The minimum absolute atomic E-state index is 0. The van der Waals surface area contributed by atoms with Crippen molar-refractivity contribution in [3.05, 3.63) is 99.1 Å². The molecule has 2 saturated heterocycles. The Labute approximate surface area is 497 Å². The number of halogens is 2. The molecule has 0 amide bonds. The number of likely N-dealkylation sites (tertiary alicyclic amines) is 2. The van der Waals surface area contributed by atoms with Gasteiger partial charge in [0, 0.05) is 39.3 Å². The fraction of sp³-hybridized carbons (Fsp3) is 0.500. The second-order valence-corrected chi connectivity index (χ2v) is 11.9. The van der Waals surface area contributed by atoms with Crippen LogP contribution >= 0.6 is 21.7 Å². The molecule has 294 valence electrons. The Bertz CT molecular complexity index is 1400. The second kappa shape index (κ2) is 43.6. The van der Waals surface area contributed by atoms with E-state index in [0.29, 0.717) is 23.7 Å². The Morgan fingerprint density at radius 2 is 1.18 bits per heavy atom. The Morgan fingerprint density at radius 3 is 1.44 bits per heavy atom. The molecule has 3 aromatic heterocycles. The number of hydrogen-bond donors (Lipinski definition) is 3. The fourth-order valence-corrected chi connectivity index (χ4v) is 6.43. The van der Waals surface area contributed by atoms with E-state index in [-0.39, 0.29) is 164 Å². The van der Waals surface area contributed by atoms with Crippen LogP contribution in [-0.2, 0) is 59.9 Å². The van der Waals surface area contributed by atoms with Gasteiger partial charge in [-0.05, 0) is 55.2 Å². The minimum Gasteiger partial charge on any atom is -0.391 e. The summed E-state index contributed by atoms with van der Waals surface area (Å²) in [5.74, 6) is 2.39. The maximum atomic E-state index is 11.7. The number of pyridine rings is 3. The van der Waals surface area contributed by atoms with Crippen molar-refractivity contribution in [2.24, 2.45) is 11.8 Å². The van der Waals surface area contributed by atoms with Gasteiger partial charge in [0.15, 0.2) is 11.1 Å². The van der Waals surface area contributed by atoms with Gasteiger partial charge >= 0.3 is 233 Å². The zero-order chi connectivity index (χ0) is 36.9. The van der Waals surface area contributed by atoms with Crippen LogP contribution in [0.25, 0.3) is 0 Å². The summed E-state index contributed by atoms with van der Waals surface area (Å²) in [6, 6.07) is 19.5. The number of aromatic nitrogens is 3. The van der Waals surface area contributed by atoms with Crippen LogP contribution in [0.1, 0.15) is 43.5 Å². The summed E-state index contributed by atoms with van der Waals surface area (Å²) in [5, 5.41) is 30.0.